The van der Waals surface area contributed by atoms with Gasteiger partial charge in [-0.1, -0.05) is 38.1 Å². The maximum absolute atomic E-state index is 13.1. The zero-order valence-electron chi connectivity index (χ0n) is 18.0. The Hall–Kier alpha value is -3.17. The van der Waals surface area contributed by atoms with E-state index >= 15 is 0 Å². The summed E-state index contributed by atoms with van der Waals surface area (Å²) in [5.41, 5.74) is -1.50. The van der Waals surface area contributed by atoms with Gasteiger partial charge in [0.15, 0.2) is 6.61 Å². The second-order valence-electron chi connectivity index (χ2n) is 8.93. The molecule has 176 valence electrons. The fraction of sp³-hybridized carbons (Fsp3) is 0.478. The van der Waals surface area contributed by atoms with Gasteiger partial charge in [0.25, 0.3) is 5.91 Å². The highest BCUT2D eigenvalue weighted by Gasteiger charge is 2.61. The van der Waals surface area contributed by atoms with Crippen LogP contribution >= 0.6 is 0 Å². The molecule has 1 heterocycles. The normalized spacial score (nSPS) is 26.7. The van der Waals surface area contributed by atoms with E-state index in [2.05, 4.69) is 5.32 Å². The molecule has 0 unspecified atom stereocenters. The zero-order valence-corrected chi connectivity index (χ0v) is 18.0. The molecule has 1 aliphatic heterocycles. The minimum absolute atomic E-state index is 0.0234. The van der Waals surface area contributed by atoms with Gasteiger partial charge >= 0.3 is 12.1 Å². The van der Waals surface area contributed by atoms with Gasteiger partial charge in [-0.2, -0.15) is 13.2 Å². The van der Waals surface area contributed by atoms with Gasteiger partial charge in [-0.25, -0.2) is 4.79 Å². The summed E-state index contributed by atoms with van der Waals surface area (Å²) in [6.45, 7) is 2.43. The number of allylic oxidation sites excluding steroid dienone is 2. The van der Waals surface area contributed by atoms with Crippen LogP contribution in [0.1, 0.15) is 25.8 Å². The number of rotatable bonds is 6. The summed E-state index contributed by atoms with van der Waals surface area (Å²) in [5, 5.41) is 2.09. The number of carbonyl (C=O) groups is 4. The second kappa shape index (κ2) is 8.31. The largest absolute Gasteiger partial charge is 0.454 e. The number of ether oxygens (including phenoxy) is 1. The van der Waals surface area contributed by atoms with Crippen LogP contribution in [0.5, 0.6) is 0 Å². The molecule has 0 spiro atoms. The number of anilines is 1. The number of carbonyl (C=O) groups excluding carboxylic acids is 4. The van der Waals surface area contributed by atoms with Gasteiger partial charge in [-0.05, 0) is 36.3 Å². The number of para-hydroxylation sites is 1. The summed E-state index contributed by atoms with van der Waals surface area (Å²) >= 11 is 0. The van der Waals surface area contributed by atoms with Crippen LogP contribution in [0.3, 0.4) is 0 Å². The summed E-state index contributed by atoms with van der Waals surface area (Å²) in [5.74, 6) is -4.25. The Kier molecular flexibility index (Phi) is 5.79. The van der Waals surface area contributed by atoms with Crippen molar-refractivity contribution in [1.29, 1.82) is 0 Å². The predicted octanol–water partition coefficient (Wildman–Crippen LogP) is 3.02. The summed E-state index contributed by atoms with van der Waals surface area (Å²) < 4.78 is 44.3. The SMILES string of the molecule is CC(C)[C@H](C(=O)OCC(=O)Nc1ccccc1C(F)(F)F)N1C(=O)[C@@H]2[C@H](C1=O)[C@H]1C=C[C@H]2C1. The summed E-state index contributed by atoms with van der Waals surface area (Å²) in [6.07, 6.45) is -0.0538. The fourth-order valence-corrected chi connectivity index (χ4v) is 5.12. The number of alkyl halides is 3. The number of esters is 1. The van der Waals surface area contributed by atoms with Crippen molar-refractivity contribution in [3.05, 3.63) is 42.0 Å². The lowest BCUT2D eigenvalue weighted by Gasteiger charge is -2.28. The third kappa shape index (κ3) is 4.02. The molecule has 3 aliphatic rings. The first-order chi connectivity index (χ1) is 15.5. The van der Waals surface area contributed by atoms with Crippen LogP contribution in [0.4, 0.5) is 18.9 Å². The quantitative estimate of drug-likeness (QED) is 0.397. The van der Waals surface area contributed by atoms with Crippen molar-refractivity contribution in [3.63, 3.8) is 0 Å². The van der Waals surface area contributed by atoms with Gasteiger partial charge in [0, 0.05) is 0 Å². The molecule has 4 rings (SSSR count). The van der Waals surface area contributed by atoms with Crippen molar-refractivity contribution in [1.82, 2.24) is 4.90 Å². The molecule has 1 N–H and O–H groups in total. The first-order valence-electron chi connectivity index (χ1n) is 10.7. The van der Waals surface area contributed by atoms with Crippen LogP contribution in [-0.2, 0) is 30.1 Å². The van der Waals surface area contributed by atoms with Gasteiger partial charge in [0.05, 0.1) is 23.1 Å². The lowest BCUT2D eigenvalue weighted by Crippen LogP contribution is -2.50. The van der Waals surface area contributed by atoms with Gasteiger partial charge < -0.3 is 10.1 Å². The number of hydrogen-bond acceptors (Lipinski definition) is 5. The van der Waals surface area contributed by atoms with E-state index in [9.17, 15) is 32.3 Å². The average molecular weight is 464 g/mol. The van der Waals surface area contributed by atoms with Crippen molar-refractivity contribution in [2.24, 2.45) is 29.6 Å². The van der Waals surface area contributed by atoms with E-state index in [0.29, 0.717) is 0 Å². The Balaban J connectivity index is 1.43. The van der Waals surface area contributed by atoms with Crippen LogP contribution < -0.4 is 5.32 Å². The molecule has 1 saturated heterocycles. The standard InChI is InChI=1S/C23H23F3N2O5/c1-11(2)19(28-20(30)17-12-7-8-13(9-12)18(17)21(28)31)22(32)33-10-16(29)27-15-6-4-3-5-14(15)23(24,25)26/h3-8,11-13,17-19H,9-10H2,1-2H3,(H,27,29)/t12-,13-,17-,18+,19+/m0/s1. The molecule has 3 amide bonds. The molecule has 2 fully saturated rings. The van der Waals surface area contributed by atoms with E-state index in [-0.39, 0.29) is 11.8 Å². The second-order valence-corrected chi connectivity index (χ2v) is 8.93. The first-order valence-corrected chi connectivity index (χ1v) is 10.7. The Bertz CT molecular complexity index is 1010. The average Bonchev–Trinajstić information content (AvgIpc) is 3.42. The predicted molar refractivity (Wildman–Crippen MR) is 109 cm³/mol. The fourth-order valence-electron chi connectivity index (χ4n) is 5.12. The Morgan fingerprint density at radius 3 is 2.21 bits per heavy atom. The van der Waals surface area contributed by atoms with E-state index < -0.39 is 71.5 Å². The number of fused-ring (bicyclic) bond motifs is 5. The molecular formula is C23H23F3N2O5. The third-order valence-corrected chi connectivity index (χ3v) is 6.51. The smallest absolute Gasteiger partial charge is 0.418 e. The minimum Gasteiger partial charge on any atom is -0.454 e. The molecule has 1 saturated carbocycles. The molecule has 2 bridgehead atoms. The third-order valence-electron chi connectivity index (χ3n) is 6.51. The maximum atomic E-state index is 13.1. The molecule has 1 aromatic carbocycles. The van der Waals surface area contributed by atoms with Gasteiger partial charge in [-0.15, -0.1) is 0 Å². The van der Waals surface area contributed by atoms with Gasteiger partial charge in [0.1, 0.15) is 6.04 Å². The number of imide groups is 1. The van der Waals surface area contributed by atoms with E-state index in [1.807, 2.05) is 12.2 Å². The van der Waals surface area contributed by atoms with Crippen molar-refractivity contribution < 1.29 is 37.1 Å². The number of likely N-dealkylation sites (tertiary alicyclic amines) is 1. The topological polar surface area (TPSA) is 92.8 Å². The number of amides is 3. The number of halogens is 3. The molecular weight excluding hydrogens is 441 g/mol. The highest BCUT2D eigenvalue weighted by molar-refractivity contribution is 6.09. The molecule has 7 nitrogen and oxygen atoms in total. The number of nitrogens with one attached hydrogen (secondary N) is 1. The Morgan fingerprint density at radius 1 is 1.09 bits per heavy atom. The summed E-state index contributed by atoms with van der Waals surface area (Å²) in [7, 11) is 0. The molecule has 0 radical (unpaired) electrons. The van der Waals surface area contributed by atoms with Gasteiger partial charge in [0.2, 0.25) is 11.8 Å². The molecule has 33 heavy (non-hydrogen) atoms. The van der Waals surface area contributed by atoms with Crippen LogP contribution in [0.25, 0.3) is 0 Å². The van der Waals surface area contributed by atoms with Crippen molar-refractivity contribution in [3.8, 4) is 0 Å². The lowest BCUT2D eigenvalue weighted by molar-refractivity contribution is -0.162. The van der Waals surface area contributed by atoms with Crippen LogP contribution in [0.2, 0.25) is 0 Å². The number of nitrogens with zero attached hydrogens (tertiary/aromatic N) is 1. The van der Waals surface area contributed by atoms with Crippen LogP contribution in [0, 0.1) is 29.6 Å². The zero-order chi connectivity index (χ0) is 24.1. The summed E-state index contributed by atoms with van der Waals surface area (Å²) in [6, 6.07) is 3.20. The van der Waals surface area contributed by atoms with Gasteiger partial charge in [-0.3, -0.25) is 19.3 Å². The molecule has 1 aromatic rings. The highest BCUT2D eigenvalue weighted by atomic mass is 19.4. The van der Waals surface area contributed by atoms with Crippen LogP contribution in [0.15, 0.2) is 36.4 Å². The Labute approximate surface area is 187 Å². The van der Waals surface area contributed by atoms with Crippen molar-refractivity contribution in [2.45, 2.75) is 32.5 Å². The first kappa shape index (κ1) is 23.0. The lowest BCUT2D eigenvalue weighted by atomic mass is 9.85. The highest BCUT2D eigenvalue weighted by Crippen LogP contribution is 2.53. The molecule has 0 aromatic heterocycles. The van der Waals surface area contributed by atoms with E-state index in [1.54, 1.807) is 13.8 Å². The summed E-state index contributed by atoms with van der Waals surface area (Å²) in [4.78, 5) is 52.0. The van der Waals surface area contributed by atoms with Crippen LogP contribution in [-0.4, -0.2) is 41.2 Å². The minimum atomic E-state index is -4.67. The van der Waals surface area contributed by atoms with Crippen molar-refractivity contribution >= 4 is 29.4 Å². The number of hydrogen-bond donors (Lipinski definition) is 1. The maximum Gasteiger partial charge on any atom is 0.418 e. The number of benzene rings is 1. The molecule has 10 heteroatoms. The van der Waals surface area contributed by atoms with Crippen molar-refractivity contribution in [2.75, 3.05) is 11.9 Å². The monoisotopic (exact) mass is 464 g/mol. The van der Waals surface area contributed by atoms with E-state index in [4.69, 9.17) is 4.74 Å². The Morgan fingerprint density at radius 2 is 1.67 bits per heavy atom. The van der Waals surface area contributed by atoms with E-state index in [1.165, 1.54) is 12.1 Å². The molecule has 2 aliphatic carbocycles. The van der Waals surface area contributed by atoms with E-state index in [0.717, 1.165) is 23.5 Å². The molecule has 5 atom stereocenters.